The van der Waals surface area contributed by atoms with E-state index >= 15 is 0 Å². The molecule has 1 fully saturated rings. The van der Waals surface area contributed by atoms with E-state index in [4.69, 9.17) is 15.5 Å². The molecule has 3 aromatic rings. The molecule has 1 aromatic heterocycles. The minimum absolute atomic E-state index is 0.0540. The Balaban J connectivity index is 1.57. The van der Waals surface area contributed by atoms with Crippen molar-refractivity contribution in [3.05, 3.63) is 71.9 Å². The van der Waals surface area contributed by atoms with Crippen molar-refractivity contribution in [3.63, 3.8) is 0 Å². The topological polar surface area (TPSA) is 51.4 Å². The second-order valence-corrected chi connectivity index (χ2v) is 6.84. The van der Waals surface area contributed by atoms with Crippen LogP contribution in [-0.4, -0.2) is 31.3 Å². The molecule has 0 radical (unpaired) electrons. The number of pyridine rings is 1. The fraction of sp³-hybridized carbons (Fsp3) is 0.227. The van der Waals surface area contributed by atoms with E-state index in [1.807, 2.05) is 6.20 Å². The Labute approximate surface area is 153 Å². The van der Waals surface area contributed by atoms with Crippen LogP contribution in [0.25, 0.3) is 22.3 Å². The molecule has 4 nitrogen and oxygen atoms in total. The van der Waals surface area contributed by atoms with Gasteiger partial charge in [0.2, 0.25) is 0 Å². The Hall–Kier alpha value is -2.69. The number of nitrogens with two attached hydrogens (primary N) is 1. The van der Waals surface area contributed by atoms with Crippen LogP contribution in [-0.2, 0) is 4.74 Å². The van der Waals surface area contributed by atoms with Gasteiger partial charge in [-0.05, 0) is 39.9 Å². The predicted molar refractivity (Wildman–Crippen MR) is 104 cm³/mol. The lowest BCUT2D eigenvalue weighted by Gasteiger charge is -2.27. The molecule has 130 valence electrons. The molecule has 1 atom stereocenters. The quantitative estimate of drug-likeness (QED) is 0.772. The van der Waals surface area contributed by atoms with E-state index in [1.54, 1.807) is 0 Å². The van der Waals surface area contributed by atoms with Gasteiger partial charge in [0.05, 0.1) is 19.3 Å². The van der Waals surface area contributed by atoms with Gasteiger partial charge in [0.15, 0.2) is 0 Å². The first-order chi connectivity index (χ1) is 12.8. The molecule has 2 aliphatic rings. The molecule has 0 saturated carbocycles. The number of anilines is 1. The molecule has 1 saturated heterocycles. The molecule has 1 aliphatic heterocycles. The average molecular weight is 343 g/mol. The summed E-state index contributed by atoms with van der Waals surface area (Å²) in [5.41, 5.74) is 13.7. The number of hydrogen-bond donors (Lipinski definition) is 1. The Morgan fingerprint density at radius 2 is 1.65 bits per heavy atom. The molecule has 1 aliphatic carbocycles. The minimum Gasteiger partial charge on any atom is -0.378 e. The first kappa shape index (κ1) is 15.6. The number of benzene rings is 2. The summed E-state index contributed by atoms with van der Waals surface area (Å²) < 4.78 is 5.43. The van der Waals surface area contributed by atoms with Crippen molar-refractivity contribution in [2.45, 2.75) is 6.04 Å². The maximum Gasteiger partial charge on any atom is 0.128 e. The molecule has 26 heavy (non-hydrogen) atoms. The summed E-state index contributed by atoms with van der Waals surface area (Å²) in [4.78, 5) is 6.99. The van der Waals surface area contributed by atoms with Crippen LogP contribution in [0.2, 0.25) is 0 Å². The highest BCUT2D eigenvalue weighted by Crippen LogP contribution is 2.46. The first-order valence-corrected chi connectivity index (χ1v) is 9.10. The zero-order valence-electron chi connectivity index (χ0n) is 14.6. The van der Waals surface area contributed by atoms with Crippen molar-refractivity contribution < 1.29 is 4.74 Å². The Morgan fingerprint density at radius 1 is 0.885 bits per heavy atom. The van der Waals surface area contributed by atoms with Crippen LogP contribution in [0.15, 0.2) is 60.8 Å². The zero-order valence-corrected chi connectivity index (χ0v) is 14.6. The lowest BCUT2D eigenvalue weighted by Crippen LogP contribution is -2.36. The van der Waals surface area contributed by atoms with E-state index in [1.165, 1.54) is 27.8 Å². The zero-order chi connectivity index (χ0) is 17.5. The summed E-state index contributed by atoms with van der Waals surface area (Å²) in [6.07, 6.45) is 1.98. The van der Waals surface area contributed by atoms with Gasteiger partial charge in [-0.15, -0.1) is 0 Å². The van der Waals surface area contributed by atoms with Gasteiger partial charge in [0.1, 0.15) is 5.82 Å². The van der Waals surface area contributed by atoms with E-state index in [0.717, 1.165) is 37.7 Å². The molecule has 5 rings (SSSR count). The summed E-state index contributed by atoms with van der Waals surface area (Å²) in [6.45, 7) is 3.33. The number of fused-ring (bicyclic) bond motifs is 3. The second-order valence-electron chi connectivity index (χ2n) is 6.84. The highest BCUT2D eigenvalue weighted by Gasteiger charge is 2.27. The number of rotatable bonds is 2. The van der Waals surface area contributed by atoms with Crippen LogP contribution >= 0.6 is 0 Å². The van der Waals surface area contributed by atoms with Gasteiger partial charge in [0, 0.05) is 24.8 Å². The van der Waals surface area contributed by atoms with E-state index < -0.39 is 0 Å². The van der Waals surface area contributed by atoms with Crippen molar-refractivity contribution in [3.8, 4) is 22.3 Å². The maximum atomic E-state index is 6.49. The highest BCUT2D eigenvalue weighted by molar-refractivity contribution is 5.91. The second kappa shape index (κ2) is 6.24. The van der Waals surface area contributed by atoms with Crippen molar-refractivity contribution in [1.82, 2.24) is 4.98 Å². The van der Waals surface area contributed by atoms with Gasteiger partial charge >= 0.3 is 0 Å². The first-order valence-electron chi connectivity index (χ1n) is 9.10. The number of aromatic nitrogens is 1. The largest absolute Gasteiger partial charge is 0.378 e. The van der Waals surface area contributed by atoms with Crippen LogP contribution in [0.3, 0.4) is 0 Å². The van der Waals surface area contributed by atoms with Gasteiger partial charge in [-0.1, -0.05) is 42.5 Å². The highest BCUT2D eigenvalue weighted by atomic mass is 16.5. The molecule has 2 heterocycles. The minimum atomic E-state index is -0.0540. The van der Waals surface area contributed by atoms with Crippen LogP contribution in [0, 0.1) is 0 Å². The van der Waals surface area contributed by atoms with Crippen molar-refractivity contribution in [2.75, 3.05) is 31.2 Å². The maximum absolute atomic E-state index is 6.49. The molecular formula is C22H21N3O. The van der Waals surface area contributed by atoms with Gasteiger partial charge in [0.25, 0.3) is 0 Å². The summed E-state index contributed by atoms with van der Waals surface area (Å²) in [7, 11) is 0. The van der Waals surface area contributed by atoms with E-state index in [0.29, 0.717) is 0 Å². The summed E-state index contributed by atoms with van der Waals surface area (Å²) in [6, 6.07) is 19.1. The summed E-state index contributed by atoms with van der Waals surface area (Å²) >= 11 is 0. The fourth-order valence-corrected chi connectivity index (χ4v) is 4.06. The summed E-state index contributed by atoms with van der Waals surface area (Å²) in [5, 5.41) is 0. The van der Waals surface area contributed by atoms with Gasteiger partial charge < -0.3 is 15.4 Å². The normalized spacial score (nSPS) is 18.5. The Morgan fingerprint density at radius 3 is 2.46 bits per heavy atom. The molecule has 4 heteroatoms. The lowest BCUT2D eigenvalue weighted by atomic mass is 9.95. The third kappa shape index (κ3) is 2.42. The fourth-order valence-electron chi connectivity index (χ4n) is 4.06. The van der Waals surface area contributed by atoms with Gasteiger partial charge in [-0.2, -0.15) is 0 Å². The van der Waals surface area contributed by atoms with Crippen molar-refractivity contribution >= 4 is 5.82 Å². The van der Waals surface area contributed by atoms with E-state index in [-0.39, 0.29) is 6.04 Å². The molecule has 0 bridgehead atoms. The van der Waals surface area contributed by atoms with Crippen molar-refractivity contribution in [1.29, 1.82) is 0 Å². The SMILES string of the molecule is N[C@@H]1c2ccccc2-c2c(-c3ccc(N4CCOCC4)nc3)cccc21. The molecule has 0 unspecified atom stereocenters. The third-order valence-corrected chi connectivity index (χ3v) is 5.39. The Kier molecular flexibility index (Phi) is 3.73. The van der Waals surface area contributed by atoms with E-state index in [2.05, 4.69) is 59.5 Å². The summed E-state index contributed by atoms with van der Waals surface area (Å²) in [5.74, 6) is 1.02. The predicted octanol–water partition coefficient (Wildman–Crippen LogP) is 3.61. The average Bonchev–Trinajstić information content (AvgIpc) is 3.02. The van der Waals surface area contributed by atoms with Crippen LogP contribution in [0.5, 0.6) is 0 Å². The number of morpholine rings is 1. The van der Waals surface area contributed by atoms with Gasteiger partial charge in [-0.25, -0.2) is 4.98 Å². The standard InChI is InChI=1S/C22H21N3O/c23-22-18-5-2-1-4-17(18)21-16(6-3-7-19(21)22)15-8-9-20(24-14-15)25-10-12-26-13-11-25/h1-9,14,22H,10-13,23H2/t22-/m1/s1. The molecule has 0 amide bonds. The monoisotopic (exact) mass is 343 g/mol. The molecule has 0 spiro atoms. The molecular weight excluding hydrogens is 322 g/mol. The molecule has 2 aromatic carbocycles. The smallest absolute Gasteiger partial charge is 0.128 e. The molecule has 2 N–H and O–H groups in total. The van der Waals surface area contributed by atoms with E-state index in [9.17, 15) is 0 Å². The number of ether oxygens (including phenoxy) is 1. The van der Waals surface area contributed by atoms with Crippen LogP contribution in [0.1, 0.15) is 17.2 Å². The number of nitrogens with zero attached hydrogens (tertiary/aromatic N) is 2. The third-order valence-electron chi connectivity index (χ3n) is 5.39. The number of hydrogen-bond acceptors (Lipinski definition) is 4. The van der Waals surface area contributed by atoms with Crippen LogP contribution < -0.4 is 10.6 Å². The van der Waals surface area contributed by atoms with Gasteiger partial charge in [-0.3, -0.25) is 0 Å². The Bertz CT molecular complexity index is 946. The lowest BCUT2D eigenvalue weighted by molar-refractivity contribution is 0.122. The van der Waals surface area contributed by atoms with Crippen LogP contribution in [0.4, 0.5) is 5.82 Å². The van der Waals surface area contributed by atoms with Crippen molar-refractivity contribution in [2.24, 2.45) is 5.73 Å².